The van der Waals surface area contributed by atoms with Crippen molar-refractivity contribution in [2.45, 2.75) is 5.88 Å². The maximum Gasteiger partial charge on any atom is 0.0583 e. The van der Waals surface area contributed by atoms with Gasteiger partial charge in [0, 0.05) is 5.88 Å². The van der Waals surface area contributed by atoms with Crippen molar-refractivity contribution in [2.75, 3.05) is 0 Å². The Morgan fingerprint density at radius 3 is 2.44 bits per heavy atom. The summed E-state index contributed by atoms with van der Waals surface area (Å²) >= 11 is 5.51. The predicted molar refractivity (Wildman–Crippen MR) is 38.8 cm³/mol. The number of nitrogens with one attached hydrogen (secondary N) is 1. The molecule has 0 aromatic heterocycles. The molecule has 1 radical (unpaired) electrons. The van der Waals surface area contributed by atoms with Crippen LogP contribution < -0.4 is 5.73 Å². The fraction of sp³-hybridized carbons (Fsp3) is 0.143. The van der Waals surface area contributed by atoms with Crippen LogP contribution in [0.3, 0.4) is 0 Å². The van der Waals surface area contributed by atoms with Crippen LogP contribution in [0.5, 0.6) is 0 Å². The van der Waals surface area contributed by atoms with Crippen LogP contribution in [0.2, 0.25) is 0 Å². The average Bonchev–Trinajstić information content (AvgIpc) is 1.89. The van der Waals surface area contributed by atoms with Crippen LogP contribution in [-0.4, -0.2) is 0 Å². The molecular weight excluding hydrogens is 134 g/mol. The lowest BCUT2D eigenvalue weighted by molar-refractivity contribution is 1.33. The second-order valence-electron chi connectivity index (χ2n) is 1.79. The quantitative estimate of drug-likeness (QED) is 0.535. The SMILES string of the molecule is [NH]c1ccccc1CCl. The van der Waals surface area contributed by atoms with Gasteiger partial charge in [-0.25, -0.2) is 0 Å². The molecule has 1 N–H and O–H groups in total. The third-order valence-electron chi connectivity index (χ3n) is 1.16. The van der Waals surface area contributed by atoms with Crippen molar-refractivity contribution in [3.8, 4) is 0 Å². The van der Waals surface area contributed by atoms with Gasteiger partial charge < -0.3 is 5.73 Å². The largest absolute Gasteiger partial charge is 0.301 e. The molecule has 1 nitrogen and oxygen atoms in total. The standard InChI is InChI=1S/C7H7ClN/c8-5-6-3-1-2-4-7(6)9/h1-4,9H,5H2. The minimum Gasteiger partial charge on any atom is -0.301 e. The highest BCUT2D eigenvalue weighted by molar-refractivity contribution is 6.17. The molecule has 9 heavy (non-hydrogen) atoms. The topological polar surface area (TPSA) is 23.8 Å². The van der Waals surface area contributed by atoms with Crippen molar-refractivity contribution in [1.82, 2.24) is 5.73 Å². The highest BCUT2D eigenvalue weighted by Gasteiger charge is 1.92. The monoisotopic (exact) mass is 140 g/mol. The summed E-state index contributed by atoms with van der Waals surface area (Å²) in [5, 5.41) is 0. The van der Waals surface area contributed by atoms with E-state index < -0.39 is 0 Å². The lowest BCUT2D eigenvalue weighted by Gasteiger charge is -1.95. The highest BCUT2D eigenvalue weighted by Crippen LogP contribution is 2.13. The molecule has 2 heteroatoms. The Labute approximate surface area is 59.4 Å². The molecule has 0 aliphatic heterocycles. The Bertz CT molecular complexity index is 198. The number of hydrogen-bond donors (Lipinski definition) is 0. The molecule has 1 aromatic rings. The zero-order valence-electron chi connectivity index (χ0n) is 4.89. The number of rotatable bonds is 1. The molecule has 0 amide bonds. The maximum absolute atomic E-state index is 7.29. The second kappa shape index (κ2) is 2.74. The van der Waals surface area contributed by atoms with Crippen molar-refractivity contribution < 1.29 is 0 Å². The summed E-state index contributed by atoms with van der Waals surface area (Å²) in [7, 11) is 0. The van der Waals surface area contributed by atoms with E-state index in [0.717, 1.165) is 5.56 Å². The van der Waals surface area contributed by atoms with Crippen LogP contribution in [0.15, 0.2) is 24.3 Å². The van der Waals surface area contributed by atoms with E-state index in [-0.39, 0.29) is 0 Å². The third kappa shape index (κ3) is 1.36. The Morgan fingerprint density at radius 2 is 2.00 bits per heavy atom. The summed E-state index contributed by atoms with van der Waals surface area (Å²) in [5.41, 5.74) is 8.70. The lowest BCUT2D eigenvalue weighted by atomic mass is 10.2. The Kier molecular flexibility index (Phi) is 1.96. The Hall–Kier alpha value is -0.690. The van der Waals surface area contributed by atoms with Gasteiger partial charge in [-0.1, -0.05) is 18.2 Å². The van der Waals surface area contributed by atoms with Crippen LogP contribution in [0.4, 0.5) is 5.69 Å². The number of halogens is 1. The van der Waals surface area contributed by atoms with Gasteiger partial charge in [-0.05, 0) is 11.6 Å². The minimum atomic E-state index is 0.430. The molecule has 0 unspecified atom stereocenters. The lowest BCUT2D eigenvalue weighted by Crippen LogP contribution is -1.78. The fourth-order valence-corrected chi connectivity index (χ4v) is 0.870. The van der Waals surface area contributed by atoms with Crippen molar-refractivity contribution in [3.05, 3.63) is 29.8 Å². The van der Waals surface area contributed by atoms with Crippen LogP contribution in [0.25, 0.3) is 0 Å². The summed E-state index contributed by atoms with van der Waals surface area (Å²) in [6, 6.07) is 7.31. The predicted octanol–water partition coefficient (Wildman–Crippen LogP) is 2.34. The van der Waals surface area contributed by atoms with Crippen LogP contribution in [0.1, 0.15) is 5.56 Å². The van der Waals surface area contributed by atoms with E-state index in [2.05, 4.69) is 0 Å². The summed E-state index contributed by atoms with van der Waals surface area (Å²) in [5.74, 6) is 0.430. The maximum atomic E-state index is 7.29. The van der Waals surface area contributed by atoms with Gasteiger partial charge in [0.15, 0.2) is 0 Å². The molecule has 0 fully saturated rings. The first-order valence-electron chi connectivity index (χ1n) is 2.70. The van der Waals surface area contributed by atoms with Gasteiger partial charge in [-0.2, -0.15) is 0 Å². The molecule has 0 spiro atoms. The fourth-order valence-electron chi connectivity index (χ4n) is 0.637. The van der Waals surface area contributed by atoms with Crippen molar-refractivity contribution >= 4 is 17.3 Å². The molecule has 1 rings (SSSR count). The van der Waals surface area contributed by atoms with Crippen molar-refractivity contribution in [3.63, 3.8) is 0 Å². The molecule has 0 saturated carbocycles. The number of alkyl halides is 1. The second-order valence-corrected chi connectivity index (χ2v) is 2.06. The highest BCUT2D eigenvalue weighted by atomic mass is 35.5. The van der Waals surface area contributed by atoms with Gasteiger partial charge >= 0.3 is 0 Å². The molecule has 1 aromatic carbocycles. The number of benzene rings is 1. The third-order valence-corrected chi connectivity index (χ3v) is 1.45. The van der Waals surface area contributed by atoms with Gasteiger partial charge in [0.05, 0.1) is 5.69 Å². The molecule has 0 heterocycles. The van der Waals surface area contributed by atoms with Gasteiger partial charge in [0.1, 0.15) is 0 Å². The van der Waals surface area contributed by atoms with E-state index in [1.165, 1.54) is 0 Å². The first-order chi connectivity index (χ1) is 4.34. The normalized spacial score (nSPS) is 9.44. The molecule has 0 aliphatic rings. The first kappa shape index (κ1) is 6.43. The van der Waals surface area contributed by atoms with E-state index in [4.69, 9.17) is 17.3 Å². The van der Waals surface area contributed by atoms with E-state index in [1.54, 1.807) is 6.07 Å². The summed E-state index contributed by atoms with van der Waals surface area (Å²) in [6.45, 7) is 0. The van der Waals surface area contributed by atoms with Crippen LogP contribution in [-0.2, 0) is 5.88 Å². The minimum absolute atomic E-state index is 0.430. The molecule has 0 atom stereocenters. The van der Waals surface area contributed by atoms with Crippen LogP contribution in [0, 0.1) is 0 Å². The van der Waals surface area contributed by atoms with Gasteiger partial charge in [0.25, 0.3) is 0 Å². The summed E-state index contributed by atoms with van der Waals surface area (Å²) < 4.78 is 0. The zero-order valence-corrected chi connectivity index (χ0v) is 5.65. The van der Waals surface area contributed by atoms with E-state index >= 15 is 0 Å². The molecular formula is C7H7ClN. The zero-order chi connectivity index (χ0) is 6.69. The smallest absolute Gasteiger partial charge is 0.0583 e. The molecule has 47 valence electrons. The first-order valence-corrected chi connectivity index (χ1v) is 3.23. The molecule has 0 aliphatic carbocycles. The van der Waals surface area contributed by atoms with Crippen molar-refractivity contribution in [1.29, 1.82) is 0 Å². The van der Waals surface area contributed by atoms with E-state index in [1.807, 2.05) is 18.2 Å². The molecule has 0 saturated heterocycles. The van der Waals surface area contributed by atoms with Crippen molar-refractivity contribution in [2.24, 2.45) is 0 Å². The number of hydrogen-bond acceptors (Lipinski definition) is 0. The van der Waals surface area contributed by atoms with Gasteiger partial charge in [0.2, 0.25) is 0 Å². The Morgan fingerprint density at radius 1 is 1.33 bits per heavy atom. The van der Waals surface area contributed by atoms with Gasteiger partial charge in [-0.3, -0.25) is 0 Å². The van der Waals surface area contributed by atoms with E-state index in [9.17, 15) is 0 Å². The van der Waals surface area contributed by atoms with Gasteiger partial charge in [-0.15, -0.1) is 11.6 Å². The summed E-state index contributed by atoms with van der Waals surface area (Å²) in [4.78, 5) is 0. The van der Waals surface area contributed by atoms with Crippen LogP contribution >= 0.6 is 11.6 Å². The summed E-state index contributed by atoms with van der Waals surface area (Å²) in [6.07, 6.45) is 0. The Balaban J connectivity index is 3.01. The molecule has 0 bridgehead atoms. The average molecular weight is 141 g/mol. The van der Waals surface area contributed by atoms with E-state index in [0.29, 0.717) is 11.6 Å².